The van der Waals surface area contributed by atoms with E-state index in [1.165, 1.54) is 0 Å². The Balaban J connectivity index is 1.97. The van der Waals surface area contributed by atoms with E-state index in [1.54, 1.807) is 0 Å². The van der Waals surface area contributed by atoms with Gasteiger partial charge in [-0.2, -0.15) is 0 Å². The molecule has 0 spiro atoms. The van der Waals surface area contributed by atoms with Crippen molar-refractivity contribution in [3.05, 3.63) is 64.1 Å². The molecule has 2 rings (SSSR count). The molecule has 0 aliphatic heterocycles. The summed E-state index contributed by atoms with van der Waals surface area (Å²) < 4.78 is 0.868. The van der Waals surface area contributed by atoms with Gasteiger partial charge in [0, 0.05) is 30.8 Å². The van der Waals surface area contributed by atoms with Crippen LogP contribution in [0.25, 0.3) is 0 Å². The van der Waals surface area contributed by atoms with Gasteiger partial charge in [-0.1, -0.05) is 40.2 Å². The first-order chi connectivity index (χ1) is 12.3. The fourth-order valence-electron chi connectivity index (χ4n) is 2.52. The van der Waals surface area contributed by atoms with Crippen molar-refractivity contribution in [1.29, 1.82) is 0 Å². The van der Waals surface area contributed by atoms with Gasteiger partial charge in [0.2, 0.25) is 5.91 Å². The number of hydrogen-bond acceptors (Lipinski definition) is 3. The van der Waals surface area contributed by atoms with Crippen molar-refractivity contribution >= 4 is 33.6 Å². The summed E-state index contributed by atoms with van der Waals surface area (Å²) in [5, 5.41) is 5.50. The molecular weight excluding hydrogens is 396 g/mol. The molecule has 4 N–H and O–H groups in total. The minimum atomic E-state index is -0.665. The monoisotopic (exact) mass is 418 g/mol. The number of amides is 3. The Hall–Kier alpha value is -2.54. The molecule has 0 radical (unpaired) electrons. The molecule has 1 atom stereocenters. The molecule has 0 aromatic heterocycles. The van der Waals surface area contributed by atoms with Crippen molar-refractivity contribution in [3.63, 3.8) is 0 Å². The van der Waals surface area contributed by atoms with Gasteiger partial charge in [0.1, 0.15) is 0 Å². The number of nitrogens with one attached hydrogen (secondary N) is 2. The van der Waals surface area contributed by atoms with Crippen LogP contribution in [0.1, 0.15) is 23.6 Å². The number of halogens is 1. The fraction of sp³-hybridized carbons (Fsp3) is 0.263. The van der Waals surface area contributed by atoms with Crippen LogP contribution in [0, 0.1) is 0 Å². The van der Waals surface area contributed by atoms with Gasteiger partial charge in [0.25, 0.3) is 0 Å². The number of benzene rings is 2. The van der Waals surface area contributed by atoms with E-state index in [2.05, 4.69) is 26.6 Å². The minimum Gasteiger partial charge on any atom is -0.378 e. The third-order valence-corrected chi connectivity index (χ3v) is 4.39. The molecule has 1 unspecified atom stereocenters. The Kier molecular flexibility index (Phi) is 7.03. The molecule has 0 bridgehead atoms. The smallest absolute Gasteiger partial charge is 0.312 e. The number of nitrogens with two attached hydrogens (primary N) is 1. The second kappa shape index (κ2) is 9.24. The number of nitrogens with zero attached hydrogens (tertiary/aromatic N) is 1. The van der Waals surface area contributed by atoms with Crippen LogP contribution in [0.5, 0.6) is 0 Å². The zero-order valence-electron chi connectivity index (χ0n) is 14.8. The third-order valence-electron chi connectivity index (χ3n) is 3.90. The summed E-state index contributed by atoms with van der Waals surface area (Å²) in [6.45, 7) is 0.425. The third kappa shape index (κ3) is 6.07. The van der Waals surface area contributed by atoms with Crippen LogP contribution < -0.4 is 21.3 Å². The normalized spacial score (nSPS) is 11.5. The summed E-state index contributed by atoms with van der Waals surface area (Å²) in [6.07, 6.45) is 0.106. The predicted molar refractivity (Wildman–Crippen MR) is 107 cm³/mol. The van der Waals surface area contributed by atoms with Gasteiger partial charge in [-0.25, -0.2) is 4.79 Å². The molecular formula is C19H23BrN4O2. The van der Waals surface area contributed by atoms with Crippen LogP contribution in [0.2, 0.25) is 0 Å². The van der Waals surface area contributed by atoms with Gasteiger partial charge in [0.15, 0.2) is 0 Å². The largest absolute Gasteiger partial charge is 0.378 e. The molecule has 0 aliphatic rings. The lowest BCUT2D eigenvalue weighted by Gasteiger charge is -2.18. The number of rotatable bonds is 7. The molecule has 6 nitrogen and oxygen atoms in total. The van der Waals surface area contributed by atoms with Crippen molar-refractivity contribution in [2.24, 2.45) is 5.73 Å². The minimum absolute atomic E-state index is 0.106. The molecule has 3 amide bonds. The molecule has 0 heterocycles. The van der Waals surface area contributed by atoms with E-state index in [0.717, 1.165) is 21.3 Å². The van der Waals surface area contributed by atoms with Crippen LogP contribution in [0.15, 0.2) is 53.0 Å². The lowest BCUT2D eigenvalue weighted by Crippen LogP contribution is -2.36. The van der Waals surface area contributed by atoms with Crippen molar-refractivity contribution in [2.45, 2.75) is 19.0 Å². The van der Waals surface area contributed by atoms with E-state index >= 15 is 0 Å². The predicted octanol–water partition coefficient (Wildman–Crippen LogP) is 2.93. The second-order valence-electron chi connectivity index (χ2n) is 6.16. The summed E-state index contributed by atoms with van der Waals surface area (Å²) in [5.41, 5.74) is 8.16. The maximum Gasteiger partial charge on any atom is 0.312 e. The van der Waals surface area contributed by atoms with E-state index < -0.39 is 12.1 Å². The highest BCUT2D eigenvalue weighted by Gasteiger charge is 2.17. The van der Waals surface area contributed by atoms with E-state index in [-0.39, 0.29) is 12.3 Å². The van der Waals surface area contributed by atoms with Gasteiger partial charge in [-0.3, -0.25) is 4.79 Å². The average Bonchev–Trinajstić information content (AvgIpc) is 2.59. The highest BCUT2D eigenvalue weighted by molar-refractivity contribution is 9.10. The highest BCUT2D eigenvalue weighted by atomic mass is 79.9. The summed E-state index contributed by atoms with van der Waals surface area (Å²) in [7, 11) is 3.95. The summed E-state index contributed by atoms with van der Waals surface area (Å²) >= 11 is 3.39. The lowest BCUT2D eigenvalue weighted by molar-refractivity contribution is -0.121. The SMILES string of the molecule is CN(C)c1ccc(CNC(=O)CC(NC(N)=O)c2cccc(Br)c2)cc1. The van der Waals surface area contributed by atoms with Gasteiger partial charge in [-0.15, -0.1) is 0 Å². The van der Waals surface area contributed by atoms with Crippen molar-refractivity contribution in [2.75, 3.05) is 19.0 Å². The number of urea groups is 1. The van der Waals surface area contributed by atoms with Gasteiger partial charge < -0.3 is 21.3 Å². The Bertz CT molecular complexity index is 762. The molecule has 0 saturated carbocycles. The van der Waals surface area contributed by atoms with Gasteiger partial charge >= 0.3 is 6.03 Å². The Morgan fingerprint density at radius 2 is 1.85 bits per heavy atom. The Morgan fingerprint density at radius 1 is 1.15 bits per heavy atom. The van der Waals surface area contributed by atoms with Crippen molar-refractivity contribution in [1.82, 2.24) is 10.6 Å². The van der Waals surface area contributed by atoms with E-state index in [0.29, 0.717) is 6.54 Å². The first-order valence-electron chi connectivity index (χ1n) is 8.19. The first kappa shape index (κ1) is 19.8. The van der Waals surface area contributed by atoms with Crippen molar-refractivity contribution in [3.8, 4) is 0 Å². The van der Waals surface area contributed by atoms with E-state index in [9.17, 15) is 9.59 Å². The molecule has 2 aromatic rings. The van der Waals surface area contributed by atoms with Crippen LogP contribution in [0.4, 0.5) is 10.5 Å². The van der Waals surface area contributed by atoms with Gasteiger partial charge in [-0.05, 0) is 35.4 Å². The van der Waals surface area contributed by atoms with Crippen LogP contribution >= 0.6 is 15.9 Å². The van der Waals surface area contributed by atoms with Gasteiger partial charge in [0.05, 0.1) is 12.5 Å². The lowest BCUT2D eigenvalue weighted by atomic mass is 10.0. The molecule has 0 aliphatic carbocycles. The molecule has 2 aromatic carbocycles. The summed E-state index contributed by atoms with van der Waals surface area (Å²) in [4.78, 5) is 25.6. The van der Waals surface area contributed by atoms with Crippen LogP contribution in [-0.4, -0.2) is 26.0 Å². The zero-order valence-corrected chi connectivity index (χ0v) is 16.4. The topological polar surface area (TPSA) is 87.5 Å². The molecule has 26 heavy (non-hydrogen) atoms. The standard InChI is InChI=1S/C19H23BrN4O2/c1-24(2)16-8-6-13(7-9-16)12-22-18(25)11-17(23-19(21)26)14-4-3-5-15(20)10-14/h3-10,17H,11-12H2,1-2H3,(H,22,25)(H3,21,23,26). The number of anilines is 1. The number of hydrogen-bond donors (Lipinski definition) is 3. The van der Waals surface area contributed by atoms with E-state index in [4.69, 9.17) is 5.73 Å². The maximum absolute atomic E-state index is 12.3. The Morgan fingerprint density at radius 3 is 2.42 bits per heavy atom. The first-order valence-corrected chi connectivity index (χ1v) is 8.99. The maximum atomic E-state index is 12.3. The molecule has 138 valence electrons. The van der Waals surface area contributed by atoms with Crippen LogP contribution in [-0.2, 0) is 11.3 Å². The molecule has 0 saturated heterocycles. The highest BCUT2D eigenvalue weighted by Crippen LogP contribution is 2.21. The average molecular weight is 419 g/mol. The van der Waals surface area contributed by atoms with E-state index in [1.807, 2.05) is 67.5 Å². The summed E-state index contributed by atoms with van der Waals surface area (Å²) in [6, 6.07) is 14.2. The number of carbonyl (C=O) groups excluding carboxylic acids is 2. The van der Waals surface area contributed by atoms with Crippen LogP contribution in [0.3, 0.4) is 0 Å². The molecule has 0 fully saturated rings. The zero-order chi connectivity index (χ0) is 19.1. The number of primary amides is 1. The number of carbonyl (C=O) groups is 2. The quantitative estimate of drug-likeness (QED) is 0.645. The molecule has 7 heteroatoms. The summed E-state index contributed by atoms with van der Waals surface area (Å²) in [5.74, 6) is -0.166. The second-order valence-corrected chi connectivity index (χ2v) is 7.07. The van der Waals surface area contributed by atoms with Crippen molar-refractivity contribution < 1.29 is 9.59 Å². The Labute approximate surface area is 161 Å². The fourth-order valence-corrected chi connectivity index (χ4v) is 2.93.